The topological polar surface area (TPSA) is 59.0 Å². The Morgan fingerprint density at radius 1 is 1.12 bits per heavy atom. The van der Waals surface area contributed by atoms with Crippen molar-refractivity contribution in [3.63, 3.8) is 0 Å². The van der Waals surface area contributed by atoms with Crippen LogP contribution in [0.1, 0.15) is 44.1 Å². The molecule has 1 aromatic carbocycles. The van der Waals surface area contributed by atoms with Gasteiger partial charge in [-0.25, -0.2) is 4.79 Å². The zero-order valence-electron chi connectivity index (χ0n) is 14.2. The Balaban J connectivity index is 1.45. The highest BCUT2D eigenvalue weighted by molar-refractivity contribution is 5.68. The van der Waals surface area contributed by atoms with Gasteiger partial charge in [-0.2, -0.15) is 0 Å². The van der Waals surface area contributed by atoms with Crippen LogP contribution in [0.25, 0.3) is 0 Å². The summed E-state index contributed by atoms with van der Waals surface area (Å²) in [6.45, 7) is 2.61. The van der Waals surface area contributed by atoms with E-state index in [0.29, 0.717) is 6.10 Å². The first-order valence-corrected chi connectivity index (χ1v) is 9.00. The lowest BCUT2D eigenvalue weighted by atomic mass is 10.1. The number of nitrogens with zero attached hydrogens (tertiary/aromatic N) is 1. The molecule has 0 amide bonds. The van der Waals surface area contributed by atoms with Crippen molar-refractivity contribution in [2.75, 3.05) is 19.7 Å². The molecule has 0 radical (unpaired) electrons. The zero-order chi connectivity index (χ0) is 16.8. The summed E-state index contributed by atoms with van der Waals surface area (Å²) in [5.41, 5.74) is 1.27. The molecule has 1 saturated heterocycles. The highest BCUT2D eigenvalue weighted by atomic mass is 16.5. The molecule has 0 unspecified atom stereocenters. The van der Waals surface area contributed by atoms with Gasteiger partial charge in [0.1, 0.15) is 12.4 Å². The zero-order valence-corrected chi connectivity index (χ0v) is 14.2. The third-order valence-electron chi connectivity index (χ3n) is 4.89. The molecule has 1 aliphatic heterocycles. The highest BCUT2D eigenvalue weighted by Crippen LogP contribution is 2.25. The van der Waals surface area contributed by atoms with Crippen LogP contribution in [0.5, 0.6) is 5.75 Å². The van der Waals surface area contributed by atoms with Crippen LogP contribution >= 0.6 is 0 Å². The standard InChI is InChI=1S/C19H27NO4/c21-19(22)14-23-16-8-10-20(11-9-16)13-15-4-3-7-18(12-15)24-17-5-1-2-6-17/h3-4,7,12,16-17H,1-2,5-6,8-11,13-14H2,(H,21,22). The van der Waals surface area contributed by atoms with Gasteiger partial charge in [0.25, 0.3) is 0 Å². The number of aliphatic carboxylic acids is 1. The molecule has 0 atom stereocenters. The molecule has 24 heavy (non-hydrogen) atoms. The summed E-state index contributed by atoms with van der Waals surface area (Å²) in [5.74, 6) is 0.0931. The molecule has 0 spiro atoms. The van der Waals surface area contributed by atoms with Gasteiger partial charge in [-0.05, 0) is 56.2 Å². The van der Waals surface area contributed by atoms with Crippen LogP contribution in [0.2, 0.25) is 0 Å². The molecule has 1 N–H and O–H groups in total. The van der Waals surface area contributed by atoms with Gasteiger partial charge in [0.15, 0.2) is 0 Å². The summed E-state index contributed by atoms with van der Waals surface area (Å²) in [4.78, 5) is 13.0. The van der Waals surface area contributed by atoms with Crippen molar-refractivity contribution < 1.29 is 19.4 Å². The quantitative estimate of drug-likeness (QED) is 0.831. The molecule has 5 nitrogen and oxygen atoms in total. The molecule has 3 rings (SSSR count). The van der Waals surface area contributed by atoms with Crippen molar-refractivity contribution in [3.05, 3.63) is 29.8 Å². The Labute approximate surface area is 143 Å². The predicted octanol–water partition coefficient (Wildman–Crippen LogP) is 3.07. The van der Waals surface area contributed by atoms with Crippen molar-refractivity contribution in [3.8, 4) is 5.75 Å². The fourth-order valence-corrected chi connectivity index (χ4v) is 3.60. The molecule has 2 fully saturated rings. The number of carboxylic acids is 1. The van der Waals surface area contributed by atoms with Gasteiger partial charge in [0.2, 0.25) is 0 Å². The number of ether oxygens (including phenoxy) is 2. The molecule has 0 aromatic heterocycles. The number of carboxylic acid groups (broad SMARTS) is 1. The molecule has 1 aliphatic carbocycles. The average molecular weight is 333 g/mol. The van der Waals surface area contributed by atoms with E-state index in [2.05, 4.69) is 23.1 Å². The number of carbonyl (C=O) groups is 1. The summed E-state index contributed by atoms with van der Waals surface area (Å²) >= 11 is 0. The summed E-state index contributed by atoms with van der Waals surface area (Å²) in [5, 5.41) is 8.67. The van der Waals surface area contributed by atoms with Crippen molar-refractivity contribution in [2.24, 2.45) is 0 Å². The van der Waals surface area contributed by atoms with Crippen LogP contribution in [-0.2, 0) is 16.1 Å². The van der Waals surface area contributed by atoms with Crippen molar-refractivity contribution in [1.29, 1.82) is 0 Å². The van der Waals surface area contributed by atoms with Crippen LogP contribution in [-0.4, -0.2) is 47.9 Å². The summed E-state index contributed by atoms with van der Waals surface area (Å²) < 4.78 is 11.5. The lowest BCUT2D eigenvalue weighted by Gasteiger charge is -2.31. The van der Waals surface area contributed by atoms with Gasteiger partial charge in [-0.15, -0.1) is 0 Å². The van der Waals surface area contributed by atoms with Crippen LogP contribution in [0.4, 0.5) is 0 Å². The Bertz CT molecular complexity index is 534. The molecular formula is C19H27NO4. The monoisotopic (exact) mass is 333 g/mol. The van der Waals surface area contributed by atoms with Crippen LogP contribution in [0.3, 0.4) is 0 Å². The number of benzene rings is 1. The lowest BCUT2D eigenvalue weighted by molar-refractivity contribution is -0.145. The molecule has 132 valence electrons. The van der Waals surface area contributed by atoms with Crippen molar-refractivity contribution in [2.45, 2.75) is 57.3 Å². The highest BCUT2D eigenvalue weighted by Gasteiger charge is 2.21. The summed E-state index contributed by atoms with van der Waals surface area (Å²) in [6, 6.07) is 8.43. The smallest absolute Gasteiger partial charge is 0.329 e. The average Bonchev–Trinajstić information content (AvgIpc) is 3.07. The molecule has 5 heteroatoms. The summed E-state index contributed by atoms with van der Waals surface area (Å²) in [7, 11) is 0. The third kappa shape index (κ3) is 5.21. The molecule has 2 aliphatic rings. The van der Waals surface area contributed by atoms with Gasteiger partial charge in [0, 0.05) is 19.6 Å². The normalized spacial score (nSPS) is 20.3. The van der Waals surface area contributed by atoms with Crippen molar-refractivity contribution >= 4 is 5.97 Å². The second-order valence-corrected chi connectivity index (χ2v) is 6.85. The van der Waals surface area contributed by atoms with Gasteiger partial charge >= 0.3 is 5.97 Å². The second-order valence-electron chi connectivity index (χ2n) is 6.85. The van der Waals surface area contributed by atoms with Crippen LogP contribution in [0.15, 0.2) is 24.3 Å². The first-order valence-electron chi connectivity index (χ1n) is 9.00. The van der Waals surface area contributed by atoms with Gasteiger partial charge in [0.05, 0.1) is 12.2 Å². The van der Waals surface area contributed by atoms with Crippen molar-refractivity contribution in [1.82, 2.24) is 4.90 Å². The minimum Gasteiger partial charge on any atom is -0.490 e. The Hall–Kier alpha value is -1.59. The minimum absolute atomic E-state index is 0.0781. The summed E-state index contributed by atoms with van der Waals surface area (Å²) in [6.07, 6.45) is 7.17. The van der Waals surface area contributed by atoms with E-state index in [1.807, 2.05) is 6.07 Å². The Morgan fingerprint density at radius 3 is 2.58 bits per heavy atom. The lowest BCUT2D eigenvalue weighted by Crippen LogP contribution is -2.37. The first-order chi connectivity index (χ1) is 11.7. The fourth-order valence-electron chi connectivity index (χ4n) is 3.60. The van der Waals surface area contributed by atoms with E-state index >= 15 is 0 Å². The third-order valence-corrected chi connectivity index (χ3v) is 4.89. The Kier molecular flexibility index (Phi) is 6.10. The first kappa shape index (κ1) is 17.2. The molecule has 1 aromatic rings. The van der Waals surface area contributed by atoms with E-state index < -0.39 is 5.97 Å². The fraction of sp³-hybridized carbons (Fsp3) is 0.632. The van der Waals surface area contributed by atoms with E-state index in [1.165, 1.54) is 31.2 Å². The number of piperidine rings is 1. The molecule has 1 saturated carbocycles. The minimum atomic E-state index is -0.892. The van der Waals surface area contributed by atoms with E-state index in [9.17, 15) is 4.79 Å². The predicted molar refractivity (Wildman–Crippen MR) is 91.2 cm³/mol. The maximum absolute atomic E-state index is 10.6. The largest absolute Gasteiger partial charge is 0.490 e. The van der Waals surface area contributed by atoms with E-state index in [1.54, 1.807) is 0 Å². The van der Waals surface area contributed by atoms with E-state index in [0.717, 1.165) is 38.2 Å². The molecular weight excluding hydrogens is 306 g/mol. The number of hydrogen-bond donors (Lipinski definition) is 1. The maximum Gasteiger partial charge on any atom is 0.329 e. The van der Waals surface area contributed by atoms with Crippen LogP contribution < -0.4 is 4.74 Å². The van der Waals surface area contributed by atoms with Gasteiger partial charge < -0.3 is 14.6 Å². The number of rotatable bonds is 7. The van der Waals surface area contributed by atoms with Gasteiger partial charge in [-0.3, -0.25) is 4.90 Å². The molecule has 1 heterocycles. The van der Waals surface area contributed by atoms with Crippen LogP contribution in [0, 0.1) is 0 Å². The molecule has 0 bridgehead atoms. The number of likely N-dealkylation sites (tertiary alicyclic amines) is 1. The maximum atomic E-state index is 10.6. The number of hydrogen-bond acceptors (Lipinski definition) is 4. The van der Waals surface area contributed by atoms with Gasteiger partial charge in [-0.1, -0.05) is 12.1 Å². The Morgan fingerprint density at radius 2 is 1.88 bits per heavy atom. The second kappa shape index (κ2) is 8.49. The SMILES string of the molecule is O=C(O)COC1CCN(Cc2cccc(OC3CCCC3)c2)CC1. The van der Waals surface area contributed by atoms with E-state index in [-0.39, 0.29) is 12.7 Å². The van der Waals surface area contributed by atoms with E-state index in [4.69, 9.17) is 14.6 Å².